The Balaban J connectivity index is 1.88. The summed E-state index contributed by atoms with van der Waals surface area (Å²) >= 11 is 5.68. The lowest BCUT2D eigenvalue weighted by atomic mass is 10.1. The van der Waals surface area contributed by atoms with E-state index in [4.69, 9.17) is 21.4 Å². The first-order valence-electron chi connectivity index (χ1n) is 9.87. The summed E-state index contributed by atoms with van der Waals surface area (Å²) in [6.45, 7) is 2.47. The molecule has 0 saturated heterocycles. The van der Waals surface area contributed by atoms with Crippen LogP contribution in [-0.4, -0.2) is 59.2 Å². The topological polar surface area (TPSA) is 76.5 Å². The van der Waals surface area contributed by atoms with Gasteiger partial charge in [-0.25, -0.2) is 4.68 Å². The average Bonchev–Trinajstić information content (AvgIpc) is 3.20. The number of anilines is 1. The van der Waals surface area contributed by atoms with Crippen molar-refractivity contribution in [2.24, 2.45) is 0 Å². The van der Waals surface area contributed by atoms with Crippen LogP contribution in [-0.2, 0) is 14.3 Å². The predicted octanol–water partition coefficient (Wildman–Crippen LogP) is 3.50. The average molecular weight is 441 g/mol. The number of ether oxygens (including phenoxy) is 1. The van der Waals surface area contributed by atoms with E-state index in [0.717, 1.165) is 22.5 Å². The first kappa shape index (κ1) is 22.5. The molecule has 3 rings (SSSR count). The van der Waals surface area contributed by atoms with Gasteiger partial charge in [0.15, 0.2) is 0 Å². The zero-order valence-corrected chi connectivity index (χ0v) is 18.3. The predicted molar refractivity (Wildman–Crippen MR) is 122 cm³/mol. The van der Waals surface area contributed by atoms with Crippen LogP contribution < -0.4 is 5.32 Å². The molecule has 0 fully saturated rings. The minimum Gasteiger partial charge on any atom is -0.383 e. The number of carbonyl (C=O) groups is 2. The SMILES string of the molecule is COCCN(CC(=O)Nc1cc(-c2ccccc2)nn1-c1ccc(C)cc1)C(=O)CCl. The van der Waals surface area contributed by atoms with E-state index in [9.17, 15) is 9.59 Å². The first-order chi connectivity index (χ1) is 15.0. The van der Waals surface area contributed by atoms with E-state index in [1.165, 1.54) is 12.0 Å². The summed E-state index contributed by atoms with van der Waals surface area (Å²) < 4.78 is 6.71. The fourth-order valence-electron chi connectivity index (χ4n) is 3.04. The van der Waals surface area contributed by atoms with Crippen LogP contribution in [0.15, 0.2) is 60.7 Å². The summed E-state index contributed by atoms with van der Waals surface area (Å²) in [5.41, 5.74) is 3.60. The molecule has 0 radical (unpaired) electrons. The summed E-state index contributed by atoms with van der Waals surface area (Å²) in [5.74, 6) is -0.359. The Bertz CT molecular complexity index is 1020. The van der Waals surface area contributed by atoms with E-state index < -0.39 is 0 Å². The van der Waals surface area contributed by atoms with Gasteiger partial charge in [-0.15, -0.1) is 11.6 Å². The van der Waals surface area contributed by atoms with E-state index in [1.54, 1.807) is 4.68 Å². The number of hydrogen-bond donors (Lipinski definition) is 1. The van der Waals surface area contributed by atoms with Gasteiger partial charge in [0.1, 0.15) is 18.2 Å². The lowest BCUT2D eigenvalue weighted by molar-refractivity contribution is -0.133. The molecular formula is C23H25ClN4O3. The van der Waals surface area contributed by atoms with Crippen LogP contribution in [0.2, 0.25) is 0 Å². The van der Waals surface area contributed by atoms with E-state index in [2.05, 4.69) is 5.32 Å². The minimum absolute atomic E-state index is 0.130. The number of hydrogen-bond acceptors (Lipinski definition) is 4. The van der Waals surface area contributed by atoms with Crippen LogP contribution >= 0.6 is 11.6 Å². The normalized spacial score (nSPS) is 10.7. The molecule has 0 atom stereocenters. The smallest absolute Gasteiger partial charge is 0.245 e. The number of nitrogens with zero attached hydrogens (tertiary/aromatic N) is 3. The highest BCUT2D eigenvalue weighted by Gasteiger charge is 2.19. The Kier molecular flexibility index (Phi) is 7.81. The fraction of sp³-hybridized carbons (Fsp3) is 0.261. The molecule has 0 spiro atoms. The molecule has 1 aromatic heterocycles. The maximum Gasteiger partial charge on any atom is 0.245 e. The standard InChI is InChI=1S/C23H25ClN4O3/c1-17-8-10-19(11-9-17)28-21(14-20(26-28)18-6-4-3-5-7-18)25-22(29)16-27(12-13-31-2)23(30)15-24/h3-11,14H,12-13,15-16H2,1-2H3,(H,25,29). The third-order valence-corrected chi connectivity index (χ3v) is 4.92. The molecule has 0 saturated carbocycles. The largest absolute Gasteiger partial charge is 0.383 e. The molecule has 2 aromatic carbocycles. The number of halogens is 1. The van der Waals surface area contributed by atoms with Crippen molar-refractivity contribution in [1.29, 1.82) is 0 Å². The van der Waals surface area contributed by atoms with Crippen molar-refractivity contribution >= 4 is 29.2 Å². The third kappa shape index (κ3) is 5.93. The number of nitrogens with one attached hydrogen (secondary N) is 1. The highest BCUT2D eigenvalue weighted by Crippen LogP contribution is 2.25. The Morgan fingerprint density at radius 1 is 1.13 bits per heavy atom. The second-order valence-corrected chi connectivity index (χ2v) is 7.29. The molecule has 162 valence electrons. The molecule has 0 aliphatic carbocycles. The summed E-state index contributed by atoms with van der Waals surface area (Å²) in [6, 6.07) is 19.4. The quantitative estimate of drug-likeness (QED) is 0.517. The van der Waals surface area contributed by atoms with Gasteiger partial charge in [-0.1, -0.05) is 48.0 Å². The van der Waals surface area contributed by atoms with Crippen LogP contribution in [0.4, 0.5) is 5.82 Å². The number of aryl methyl sites for hydroxylation is 1. The van der Waals surface area contributed by atoms with Gasteiger partial charge in [0, 0.05) is 25.3 Å². The van der Waals surface area contributed by atoms with Crippen LogP contribution in [0.1, 0.15) is 5.56 Å². The van der Waals surface area contributed by atoms with Crippen molar-refractivity contribution in [2.75, 3.05) is 38.0 Å². The molecule has 0 bridgehead atoms. The number of benzene rings is 2. The van der Waals surface area contributed by atoms with Gasteiger partial charge in [0.2, 0.25) is 11.8 Å². The van der Waals surface area contributed by atoms with Crippen LogP contribution in [0, 0.1) is 6.92 Å². The van der Waals surface area contributed by atoms with Gasteiger partial charge in [-0.05, 0) is 19.1 Å². The molecule has 0 aliphatic heterocycles. The monoisotopic (exact) mass is 440 g/mol. The van der Waals surface area contributed by atoms with Crippen molar-refractivity contribution in [3.63, 3.8) is 0 Å². The van der Waals surface area contributed by atoms with E-state index in [-0.39, 0.29) is 30.8 Å². The van der Waals surface area contributed by atoms with Crippen LogP contribution in [0.5, 0.6) is 0 Å². The maximum absolute atomic E-state index is 12.8. The van der Waals surface area contributed by atoms with Gasteiger partial charge < -0.3 is 15.0 Å². The second kappa shape index (κ2) is 10.7. The maximum atomic E-state index is 12.8. The Morgan fingerprint density at radius 2 is 1.84 bits per heavy atom. The number of carbonyl (C=O) groups excluding carboxylic acids is 2. The van der Waals surface area contributed by atoms with Gasteiger partial charge in [0.25, 0.3) is 0 Å². The number of amides is 2. The molecule has 8 heteroatoms. The Hall–Kier alpha value is -3.16. The Labute approximate surface area is 186 Å². The fourth-order valence-corrected chi connectivity index (χ4v) is 3.21. The summed E-state index contributed by atoms with van der Waals surface area (Å²) in [7, 11) is 1.54. The van der Waals surface area contributed by atoms with Crippen molar-refractivity contribution in [1.82, 2.24) is 14.7 Å². The molecule has 1 N–H and O–H groups in total. The van der Waals surface area contributed by atoms with Crippen LogP contribution in [0.3, 0.4) is 0 Å². The molecule has 3 aromatic rings. The highest BCUT2D eigenvalue weighted by atomic mass is 35.5. The van der Waals surface area contributed by atoms with Gasteiger partial charge in [-0.3, -0.25) is 9.59 Å². The summed E-state index contributed by atoms with van der Waals surface area (Å²) in [5, 5.41) is 7.58. The minimum atomic E-state index is -0.345. The summed E-state index contributed by atoms with van der Waals surface area (Å²) in [4.78, 5) is 26.2. The molecule has 1 heterocycles. The van der Waals surface area contributed by atoms with Crippen molar-refractivity contribution in [2.45, 2.75) is 6.92 Å². The van der Waals surface area contributed by atoms with Gasteiger partial charge >= 0.3 is 0 Å². The van der Waals surface area contributed by atoms with Crippen molar-refractivity contribution in [3.05, 3.63) is 66.2 Å². The lowest BCUT2D eigenvalue weighted by Gasteiger charge is -2.21. The number of alkyl halides is 1. The number of rotatable bonds is 9. The summed E-state index contributed by atoms with van der Waals surface area (Å²) in [6.07, 6.45) is 0. The molecular weight excluding hydrogens is 416 g/mol. The molecule has 31 heavy (non-hydrogen) atoms. The molecule has 0 unspecified atom stereocenters. The molecule has 7 nitrogen and oxygen atoms in total. The van der Waals surface area contributed by atoms with Crippen molar-refractivity contribution < 1.29 is 14.3 Å². The third-order valence-electron chi connectivity index (χ3n) is 4.69. The first-order valence-corrected chi connectivity index (χ1v) is 10.4. The Morgan fingerprint density at radius 3 is 2.48 bits per heavy atom. The highest BCUT2D eigenvalue weighted by molar-refractivity contribution is 6.27. The van der Waals surface area contributed by atoms with E-state index in [0.29, 0.717) is 12.4 Å². The molecule has 0 aliphatic rings. The number of aromatic nitrogens is 2. The van der Waals surface area contributed by atoms with Gasteiger partial charge in [-0.2, -0.15) is 5.10 Å². The zero-order valence-electron chi connectivity index (χ0n) is 17.5. The van der Waals surface area contributed by atoms with Gasteiger partial charge in [0.05, 0.1) is 18.0 Å². The van der Waals surface area contributed by atoms with E-state index >= 15 is 0 Å². The van der Waals surface area contributed by atoms with Crippen LogP contribution in [0.25, 0.3) is 16.9 Å². The lowest BCUT2D eigenvalue weighted by Crippen LogP contribution is -2.40. The number of methoxy groups -OCH3 is 1. The second-order valence-electron chi connectivity index (χ2n) is 7.02. The molecule has 2 amide bonds. The zero-order chi connectivity index (χ0) is 22.2. The van der Waals surface area contributed by atoms with Crippen molar-refractivity contribution in [3.8, 4) is 16.9 Å². The van der Waals surface area contributed by atoms with E-state index in [1.807, 2.05) is 67.6 Å².